The van der Waals surface area contributed by atoms with Crippen LogP contribution < -0.4 is 0 Å². The molecule has 0 unspecified atom stereocenters. The summed E-state index contributed by atoms with van der Waals surface area (Å²) in [6, 6.07) is 3.40. The van der Waals surface area contributed by atoms with Gasteiger partial charge in [0.1, 0.15) is 0 Å². The summed E-state index contributed by atoms with van der Waals surface area (Å²) in [5.41, 5.74) is 0. The molecule has 0 atom stereocenters. The minimum atomic E-state index is 0.0353. The molecule has 0 bridgehead atoms. The van der Waals surface area contributed by atoms with Crippen molar-refractivity contribution in [2.45, 2.75) is 12.8 Å². The lowest BCUT2D eigenvalue weighted by Gasteiger charge is -1.91. The molecule has 0 amide bonds. The molecule has 0 saturated carbocycles. The van der Waals surface area contributed by atoms with Crippen LogP contribution in [0.3, 0.4) is 0 Å². The Morgan fingerprint density at radius 1 is 1.64 bits per heavy atom. The standard InChI is InChI=1S/C11H13NO2/c1-12-8-4-2-3-6-10(13)11-7-5-9-14-11/h2,4-5,7-9H,3,6H2,1H3/b4-2-,12-8?. The lowest BCUT2D eigenvalue weighted by Crippen LogP contribution is -1.95. The molecule has 0 aromatic carbocycles. The van der Waals surface area contributed by atoms with E-state index in [2.05, 4.69) is 4.99 Å². The molecule has 1 aromatic heterocycles. The van der Waals surface area contributed by atoms with Gasteiger partial charge in [-0.3, -0.25) is 9.79 Å². The molecule has 14 heavy (non-hydrogen) atoms. The highest BCUT2D eigenvalue weighted by Gasteiger charge is 2.05. The summed E-state index contributed by atoms with van der Waals surface area (Å²) in [7, 11) is 1.71. The lowest BCUT2D eigenvalue weighted by molar-refractivity contribution is 0.0957. The maximum Gasteiger partial charge on any atom is 0.198 e. The molecule has 0 spiro atoms. The molecular formula is C11H13NO2. The molecule has 1 rings (SSSR count). The first-order valence-corrected chi connectivity index (χ1v) is 4.48. The van der Waals surface area contributed by atoms with Crippen molar-refractivity contribution in [1.82, 2.24) is 0 Å². The molecule has 1 heterocycles. The number of allylic oxidation sites excluding steroid dienone is 2. The van der Waals surface area contributed by atoms with Crippen molar-refractivity contribution in [1.29, 1.82) is 0 Å². The average Bonchev–Trinajstić information content (AvgIpc) is 2.70. The van der Waals surface area contributed by atoms with E-state index in [-0.39, 0.29) is 5.78 Å². The third-order valence-electron chi connectivity index (χ3n) is 1.71. The van der Waals surface area contributed by atoms with Crippen LogP contribution in [0, 0.1) is 0 Å². The van der Waals surface area contributed by atoms with E-state index < -0.39 is 0 Å². The van der Waals surface area contributed by atoms with E-state index in [1.807, 2.05) is 12.2 Å². The second kappa shape index (κ2) is 5.91. The molecule has 0 radical (unpaired) electrons. The van der Waals surface area contributed by atoms with Gasteiger partial charge in [0, 0.05) is 19.7 Å². The summed E-state index contributed by atoms with van der Waals surface area (Å²) >= 11 is 0. The second-order valence-electron chi connectivity index (χ2n) is 2.77. The average molecular weight is 191 g/mol. The predicted molar refractivity (Wildman–Crippen MR) is 55.8 cm³/mol. The van der Waals surface area contributed by atoms with E-state index in [0.29, 0.717) is 18.6 Å². The number of hydrogen-bond acceptors (Lipinski definition) is 3. The number of nitrogens with zero attached hydrogens (tertiary/aromatic N) is 1. The van der Waals surface area contributed by atoms with Crippen molar-refractivity contribution in [3.8, 4) is 0 Å². The highest BCUT2D eigenvalue weighted by Crippen LogP contribution is 2.05. The molecule has 0 N–H and O–H groups in total. The first kappa shape index (κ1) is 10.4. The van der Waals surface area contributed by atoms with Gasteiger partial charge in [-0.15, -0.1) is 0 Å². The quantitative estimate of drug-likeness (QED) is 0.530. The van der Waals surface area contributed by atoms with Crippen LogP contribution in [0.25, 0.3) is 0 Å². The van der Waals surface area contributed by atoms with E-state index in [9.17, 15) is 4.79 Å². The van der Waals surface area contributed by atoms with E-state index >= 15 is 0 Å². The van der Waals surface area contributed by atoms with Gasteiger partial charge < -0.3 is 4.42 Å². The third kappa shape index (κ3) is 3.39. The van der Waals surface area contributed by atoms with Crippen LogP contribution in [-0.2, 0) is 0 Å². The zero-order valence-corrected chi connectivity index (χ0v) is 8.14. The number of carbonyl (C=O) groups excluding carboxylic acids is 1. The molecule has 3 heteroatoms. The molecule has 0 fully saturated rings. The minimum Gasteiger partial charge on any atom is -0.461 e. The summed E-state index contributed by atoms with van der Waals surface area (Å²) in [6.45, 7) is 0. The van der Waals surface area contributed by atoms with Gasteiger partial charge in [0.05, 0.1) is 6.26 Å². The number of ketones is 1. The SMILES string of the molecule is CN=C/C=C\CCC(=O)c1ccco1. The van der Waals surface area contributed by atoms with Crippen LogP contribution in [-0.4, -0.2) is 19.0 Å². The third-order valence-corrected chi connectivity index (χ3v) is 1.71. The Balaban J connectivity index is 2.29. The van der Waals surface area contributed by atoms with Crippen LogP contribution in [0.4, 0.5) is 0 Å². The zero-order valence-electron chi connectivity index (χ0n) is 8.14. The van der Waals surface area contributed by atoms with Crippen molar-refractivity contribution in [2.75, 3.05) is 7.05 Å². The Kier molecular flexibility index (Phi) is 4.41. The van der Waals surface area contributed by atoms with Crippen molar-refractivity contribution in [3.05, 3.63) is 36.3 Å². The van der Waals surface area contributed by atoms with Crippen LogP contribution >= 0.6 is 0 Å². The number of carbonyl (C=O) groups is 1. The Morgan fingerprint density at radius 2 is 2.50 bits per heavy atom. The van der Waals surface area contributed by atoms with Crippen molar-refractivity contribution < 1.29 is 9.21 Å². The van der Waals surface area contributed by atoms with Gasteiger partial charge >= 0.3 is 0 Å². The van der Waals surface area contributed by atoms with Crippen LogP contribution in [0.2, 0.25) is 0 Å². The zero-order chi connectivity index (χ0) is 10.2. The molecule has 74 valence electrons. The Morgan fingerprint density at radius 3 is 3.14 bits per heavy atom. The summed E-state index contributed by atoms with van der Waals surface area (Å²) in [5.74, 6) is 0.468. The van der Waals surface area contributed by atoms with E-state index in [0.717, 1.165) is 0 Å². The smallest absolute Gasteiger partial charge is 0.198 e. The molecule has 0 aliphatic heterocycles. The molecule has 0 aliphatic carbocycles. The first-order valence-electron chi connectivity index (χ1n) is 4.48. The topological polar surface area (TPSA) is 42.6 Å². The molecule has 3 nitrogen and oxygen atoms in total. The Labute approximate surface area is 83.1 Å². The van der Waals surface area contributed by atoms with E-state index in [4.69, 9.17) is 4.42 Å². The van der Waals surface area contributed by atoms with Crippen molar-refractivity contribution >= 4 is 12.0 Å². The van der Waals surface area contributed by atoms with Crippen molar-refractivity contribution in [2.24, 2.45) is 4.99 Å². The number of Topliss-reactive ketones (excluding diaryl/α,β-unsaturated/α-hetero) is 1. The van der Waals surface area contributed by atoms with Gasteiger partial charge in [0.15, 0.2) is 11.5 Å². The highest BCUT2D eigenvalue weighted by atomic mass is 16.3. The maximum absolute atomic E-state index is 11.4. The summed E-state index contributed by atoms with van der Waals surface area (Å²) in [6.07, 6.45) is 8.13. The fourth-order valence-electron chi connectivity index (χ4n) is 1.02. The van der Waals surface area contributed by atoms with Gasteiger partial charge in [-0.2, -0.15) is 0 Å². The van der Waals surface area contributed by atoms with Crippen LogP contribution in [0.15, 0.2) is 40.0 Å². The van der Waals surface area contributed by atoms with Gasteiger partial charge in [-0.05, 0) is 24.6 Å². The molecule has 0 aliphatic rings. The van der Waals surface area contributed by atoms with E-state index in [1.54, 1.807) is 25.4 Å². The summed E-state index contributed by atoms with van der Waals surface area (Å²) in [5, 5.41) is 0. The van der Waals surface area contributed by atoms with Gasteiger partial charge in [-0.1, -0.05) is 6.08 Å². The van der Waals surface area contributed by atoms with Gasteiger partial charge in [0.25, 0.3) is 0 Å². The minimum absolute atomic E-state index is 0.0353. The van der Waals surface area contributed by atoms with Crippen LogP contribution in [0.5, 0.6) is 0 Å². The van der Waals surface area contributed by atoms with Gasteiger partial charge in [-0.25, -0.2) is 0 Å². The largest absolute Gasteiger partial charge is 0.461 e. The molecule has 1 aromatic rings. The second-order valence-corrected chi connectivity index (χ2v) is 2.77. The number of aliphatic imine (C=N–C) groups is 1. The highest BCUT2D eigenvalue weighted by molar-refractivity contribution is 5.93. The predicted octanol–water partition coefficient (Wildman–Crippen LogP) is 2.50. The van der Waals surface area contributed by atoms with Crippen LogP contribution in [0.1, 0.15) is 23.4 Å². The van der Waals surface area contributed by atoms with E-state index in [1.165, 1.54) is 6.26 Å². The Hall–Kier alpha value is -1.64. The normalized spacial score (nSPS) is 11.5. The number of hydrogen-bond donors (Lipinski definition) is 0. The molecular weight excluding hydrogens is 178 g/mol. The monoisotopic (exact) mass is 191 g/mol. The lowest BCUT2D eigenvalue weighted by atomic mass is 10.2. The fraction of sp³-hybridized carbons (Fsp3) is 0.273. The molecule has 0 saturated heterocycles. The Bertz CT molecular complexity index is 323. The van der Waals surface area contributed by atoms with Gasteiger partial charge in [0.2, 0.25) is 0 Å². The number of furan rings is 1. The number of rotatable bonds is 5. The summed E-state index contributed by atoms with van der Waals surface area (Å²) < 4.78 is 4.97. The fourth-order valence-corrected chi connectivity index (χ4v) is 1.02. The first-order chi connectivity index (χ1) is 6.84. The summed E-state index contributed by atoms with van der Waals surface area (Å²) in [4.78, 5) is 15.2. The maximum atomic E-state index is 11.4. The van der Waals surface area contributed by atoms with Crippen molar-refractivity contribution in [3.63, 3.8) is 0 Å².